The molecule has 0 aliphatic carbocycles. The molecule has 0 unspecified atom stereocenters. The molecule has 0 atom stereocenters. The van der Waals surface area contributed by atoms with Crippen LogP contribution < -0.4 is 0 Å². The van der Waals surface area contributed by atoms with Crippen LogP contribution in [0.5, 0.6) is 0 Å². The van der Waals surface area contributed by atoms with Crippen molar-refractivity contribution in [1.82, 2.24) is 4.57 Å². The maximum absolute atomic E-state index is 9.58. The average molecular weight is 672 g/mol. The highest BCUT2D eigenvalue weighted by Crippen LogP contribution is 2.45. The van der Waals surface area contributed by atoms with Crippen LogP contribution in [0.25, 0.3) is 93.2 Å². The van der Waals surface area contributed by atoms with Crippen molar-refractivity contribution in [2.75, 3.05) is 0 Å². The smallest absolute Gasteiger partial charge is 0.0991 e. The maximum atomic E-state index is 9.58. The Morgan fingerprint density at radius 2 is 0.811 bits per heavy atom. The molecule has 9 aromatic carbocycles. The van der Waals surface area contributed by atoms with Crippen LogP contribution >= 0.6 is 0 Å². The number of benzene rings is 9. The minimum atomic E-state index is 0.597. The first-order valence-corrected chi connectivity index (χ1v) is 17.7. The summed E-state index contributed by atoms with van der Waals surface area (Å²) >= 11 is 0. The van der Waals surface area contributed by atoms with E-state index in [1.54, 1.807) is 0 Å². The summed E-state index contributed by atoms with van der Waals surface area (Å²) in [5.74, 6) is 0. The van der Waals surface area contributed by atoms with Crippen LogP contribution in [0.2, 0.25) is 0 Å². The van der Waals surface area contributed by atoms with E-state index in [0.29, 0.717) is 11.1 Å². The van der Waals surface area contributed by atoms with Crippen molar-refractivity contribution in [3.63, 3.8) is 0 Å². The van der Waals surface area contributed by atoms with E-state index < -0.39 is 0 Å². The second-order valence-corrected chi connectivity index (χ2v) is 13.5. The standard InChI is InChI=1S/C50H29N3/c51-30-32-16-26-47-45(28-32)46-29-33(31-52)17-27-48(46)53(47)38-24-22-35(23-25-38)34-18-20-37(21-19-34)49-41-11-3-5-13-43(41)50(44-14-6-4-12-42(44)49)40-15-7-9-36-8-1-2-10-39(36)40/h1-29H. The van der Waals surface area contributed by atoms with Gasteiger partial charge in [0.2, 0.25) is 0 Å². The number of hydrogen-bond donors (Lipinski definition) is 0. The summed E-state index contributed by atoms with van der Waals surface area (Å²) in [6, 6.07) is 66.5. The Balaban J connectivity index is 1.07. The number of hydrogen-bond acceptors (Lipinski definition) is 2. The zero-order chi connectivity index (χ0) is 35.5. The van der Waals surface area contributed by atoms with Gasteiger partial charge in [-0.3, -0.25) is 0 Å². The Kier molecular flexibility index (Phi) is 6.93. The summed E-state index contributed by atoms with van der Waals surface area (Å²) < 4.78 is 2.21. The molecule has 3 heteroatoms. The lowest BCUT2D eigenvalue weighted by Crippen LogP contribution is -1.94. The van der Waals surface area contributed by atoms with Gasteiger partial charge in [-0.05, 0) is 114 Å². The lowest BCUT2D eigenvalue weighted by Gasteiger charge is -2.19. The minimum absolute atomic E-state index is 0.597. The van der Waals surface area contributed by atoms with Crippen LogP contribution in [0, 0.1) is 22.7 Å². The van der Waals surface area contributed by atoms with Crippen LogP contribution in [0.3, 0.4) is 0 Å². The lowest BCUT2D eigenvalue weighted by atomic mass is 9.84. The van der Waals surface area contributed by atoms with Crippen LogP contribution in [-0.2, 0) is 0 Å². The predicted molar refractivity (Wildman–Crippen MR) is 219 cm³/mol. The molecular weight excluding hydrogens is 643 g/mol. The minimum Gasteiger partial charge on any atom is -0.309 e. The van der Waals surface area contributed by atoms with E-state index in [-0.39, 0.29) is 0 Å². The Morgan fingerprint density at radius 1 is 0.358 bits per heavy atom. The first-order chi connectivity index (χ1) is 26.2. The van der Waals surface area contributed by atoms with Gasteiger partial charge in [0.05, 0.1) is 34.3 Å². The van der Waals surface area contributed by atoms with Crippen molar-refractivity contribution in [2.24, 2.45) is 0 Å². The van der Waals surface area contributed by atoms with Crippen LogP contribution in [-0.4, -0.2) is 4.57 Å². The van der Waals surface area contributed by atoms with Gasteiger partial charge in [0.15, 0.2) is 0 Å². The first kappa shape index (κ1) is 30.4. The summed E-state index contributed by atoms with van der Waals surface area (Å²) in [7, 11) is 0. The maximum Gasteiger partial charge on any atom is 0.0991 e. The molecule has 0 spiro atoms. The molecule has 3 nitrogen and oxygen atoms in total. The Bertz CT molecular complexity index is 3040. The SMILES string of the molecule is N#Cc1ccc2c(c1)c1cc(C#N)ccc1n2-c1ccc(-c2ccc(-c3c4ccccc4c(-c4cccc5ccccc45)c4ccccc34)cc2)cc1. The normalized spacial score (nSPS) is 11.4. The van der Waals surface area contributed by atoms with Crippen LogP contribution in [0.4, 0.5) is 0 Å². The fraction of sp³-hybridized carbons (Fsp3) is 0. The molecule has 53 heavy (non-hydrogen) atoms. The van der Waals surface area contributed by atoms with Gasteiger partial charge in [0.1, 0.15) is 0 Å². The average Bonchev–Trinajstić information content (AvgIpc) is 3.55. The highest BCUT2D eigenvalue weighted by atomic mass is 15.0. The van der Waals surface area contributed by atoms with Crippen LogP contribution in [0.15, 0.2) is 176 Å². The first-order valence-electron chi connectivity index (χ1n) is 17.7. The Hall–Kier alpha value is -7.46. The fourth-order valence-electron chi connectivity index (χ4n) is 8.25. The van der Waals surface area contributed by atoms with Gasteiger partial charge in [-0.2, -0.15) is 10.5 Å². The third kappa shape index (κ3) is 4.80. The van der Waals surface area contributed by atoms with Gasteiger partial charge in [-0.25, -0.2) is 0 Å². The third-order valence-corrected chi connectivity index (χ3v) is 10.6. The molecule has 1 heterocycles. The van der Waals surface area contributed by atoms with Crippen molar-refractivity contribution in [2.45, 2.75) is 0 Å². The number of rotatable bonds is 4. The monoisotopic (exact) mass is 671 g/mol. The fourth-order valence-corrected chi connectivity index (χ4v) is 8.25. The van der Waals surface area contributed by atoms with Gasteiger partial charge in [-0.15, -0.1) is 0 Å². The number of nitriles is 2. The van der Waals surface area contributed by atoms with E-state index in [9.17, 15) is 10.5 Å². The second kappa shape index (κ2) is 12.1. The predicted octanol–water partition coefficient (Wildman–Crippen LogP) is 13.0. The number of fused-ring (bicyclic) bond motifs is 6. The molecule has 0 radical (unpaired) electrons. The Morgan fingerprint density at radius 3 is 1.36 bits per heavy atom. The summed E-state index contributed by atoms with van der Waals surface area (Å²) in [5.41, 5.74) is 11.4. The summed E-state index contributed by atoms with van der Waals surface area (Å²) in [6.07, 6.45) is 0. The summed E-state index contributed by atoms with van der Waals surface area (Å²) in [5, 5.41) is 28.5. The van der Waals surface area contributed by atoms with E-state index in [2.05, 4.69) is 156 Å². The van der Waals surface area contributed by atoms with E-state index in [4.69, 9.17) is 0 Å². The quantitative estimate of drug-likeness (QED) is 0.175. The van der Waals surface area contributed by atoms with E-state index in [1.165, 1.54) is 54.6 Å². The van der Waals surface area contributed by atoms with Gasteiger partial charge < -0.3 is 4.57 Å². The molecule has 244 valence electrons. The number of nitrogens with zero attached hydrogens (tertiary/aromatic N) is 3. The van der Waals surface area contributed by atoms with Gasteiger partial charge in [0.25, 0.3) is 0 Å². The molecule has 0 saturated carbocycles. The Labute approximate surface area is 306 Å². The van der Waals surface area contributed by atoms with Gasteiger partial charge in [0, 0.05) is 16.5 Å². The molecular formula is C50H29N3. The highest BCUT2D eigenvalue weighted by molar-refractivity contribution is 6.23. The summed E-state index contributed by atoms with van der Waals surface area (Å²) in [6.45, 7) is 0. The third-order valence-electron chi connectivity index (χ3n) is 10.6. The van der Waals surface area contributed by atoms with E-state index in [1.807, 2.05) is 36.4 Å². The molecule has 0 aliphatic heterocycles. The highest BCUT2D eigenvalue weighted by Gasteiger charge is 2.18. The zero-order valence-corrected chi connectivity index (χ0v) is 28.6. The molecule has 1 aromatic heterocycles. The molecule has 10 aromatic rings. The molecule has 0 saturated heterocycles. The van der Waals surface area contributed by atoms with Crippen LogP contribution in [0.1, 0.15) is 11.1 Å². The van der Waals surface area contributed by atoms with Crippen molar-refractivity contribution in [3.05, 3.63) is 187 Å². The molecule has 0 bridgehead atoms. The molecule has 0 aliphatic rings. The zero-order valence-electron chi connectivity index (χ0n) is 28.6. The second-order valence-electron chi connectivity index (χ2n) is 13.5. The lowest BCUT2D eigenvalue weighted by molar-refractivity contribution is 1.18. The van der Waals surface area contributed by atoms with Crippen molar-refractivity contribution in [1.29, 1.82) is 10.5 Å². The van der Waals surface area contributed by atoms with Gasteiger partial charge >= 0.3 is 0 Å². The molecule has 0 N–H and O–H groups in total. The topological polar surface area (TPSA) is 52.5 Å². The summed E-state index contributed by atoms with van der Waals surface area (Å²) in [4.78, 5) is 0. The van der Waals surface area contributed by atoms with Crippen molar-refractivity contribution < 1.29 is 0 Å². The molecule has 0 fully saturated rings. The van der Waals surface area contributed by atoms with E-state index in [0.717, 1.165) is 38.6 Å². The van der Waals surface area contributed by atoms with E-state index >= 15 is 0 Å². The molecule has 0 amide bonds. The van der Waals surface area contributed by atoms with Crippen molar-refractivity contribution >= 4 is 54.1 Å². The molecule has 10 rings (SSSR count). The number of aromatic nitrogens is 1. The largest absolute Gasteiger partial charge is 0.309 e. The van der Waals surface area contributed by atoms with Crippen molar-refractivity contribution in [3.8, 4) is 51.2 Å². The van der Waals surface area contributed by atoms with Gasteiger partial charge in [-0.1, -0.05) is 127 Å².